The minimum Gasteiger partial charge on any atom is -0.461 e. The number of hydrogen-bond donors (Lipinski definition) is 1. The van der Waals surface area contributed by atoms with E-state index in [0.29, 0.717) is 28.4 Å². The number of fused-ring (bicyclic) bond motifs is 1. The van der Waals surface area contributed by atoms with Gasteiger partial charge in [0.2, 0.25) is 5.91 Å². The number of amides is 1. The van der Waals surface area contributed by atoms with Gasteiger partial charge in [0.15, 0.2) is 5.58 Å². The van der Waals surface area contributed by atoms with Crippen LogP contribution in [0, 0.1) is 12.3 Å². The molecule has 0 saturated carbocycles. The predicted molar refractivity (Wildman–Crippen MR) is 113 cm³/mol. The molecule has 0 unspecified atom stereocenters. The van der Waals surface area contributed by atoms with Crippen LogP contribution in [0.1, 0.15) is 42.4 Å². The second-order valence-corrected chi connectivity index (χ2v) is 8.86. The van der Waals surface area contributed by atoms with Crippen molar-refractivity contribution in [2.24, 2.45) is 5.41 Å². The molecule has 0 atom stereocenters. The van der Waals surface area contributed by atoms with Crippen LogP contribution in [0.15, 0.2) is 39.5 Å². The fourth-order valence-electron chi connectivity index (χ4n) is 2.72. The van der Waals surface area contributed by atoms with Gasteiger partial charge in [-0.25, -0.2) is 9.59 Å². The molecular formula is C21H24N2O5S. The minimum atomic E-state index is -0.520. The van der Waals surface area contributed by atoms with Crippen molar-refractivity contribution in [2.75, 3.05) is 11.9 Å². The van der Waals surface area contributed by atoms with E-state index in [-0.39, 0.29) is 12.5 Å². The van der Waals surface area contributed by atoms with Crippen LogP contribution in [0.25, 0.3) is 11.1 Å². The minimum absolute atomic E-state index is 0.114. The molecule has 2 aromatic heterocycles. The summed E-state index contributed by atoms with van der Waals surface area (Å²) >= 11 is 1.20. The Labute approximate surface area is 172 Å². The number of hydrogen-bond acceptors (Lipinski definition) is 6. The van der Waals surface area contributed by atoms with Crippen LogP contribution in [-0.4, -0.2) is 23.1 Å². The molecule has 0 aliphatic carbocycles. The van der Waals surface area contributed by atoms with Crippen LogP contribution in [0.3, 0.4) is 0 Å². The second kappa shape index (κ2) is 8.24. The number of anilines is 1. The third kappa shape index (κ3) is 4.76. The lowest BCUT2D eigenvalue weighted by molar-refractivity contribution is -0.123. The van der Waals surface area contributed by atoms with Crippen molar-refractivity contribution in [1.29, 1.82) is 0 Å². The largest absolute Gasteiger partial charge is 0.461 e. The Morgan fingerprint density at radius 1 is 1.24 bits per heavy atom. The molecule has 3 aromatic rings. The lowest BCUT2D eigenvalue weighted by atomic mass is 9.96. The number of esters is 1. The Balaban J connectivity index is 1.56. The summed E-state index contributed by atoms with van der Waals surface area (Å²) in [5.74, 6) is -0.976. The fraction of sp³-hybridized carbons (Fsp3) is 0.381. The van der Waals surface area contributed by atoms with Crippen LogP contribution in [0.4, 0.5) is 5.00 Å². The lowest BCUT2D eigenvalue weighted by Crippen LogP contribution is -2.27. The molecule has 3 rings (SSSR count). The highest BCUT2D eigenvalue weighted by Crippen LogP contribution is 2.29. The van der Waals surface area contributed by atoms with E-state index in [2.05, 4.69) is 5.32 Å². The maximum absolute atomic E-state index is 12.4. The van der Waals surface area contributed by atoms with Crippen molar-refractivity contribution >= 4 is 39.3 Å². The molecule has 1 N–H and O–H groups in total. The van der Waals surface area contributed by atoms with Crippen molar-refractivity contribution in [3.63, 3.8) is 0 Å². The Hall–Kier alpha value is -2.87. The van der Waals surface area contributed by atoms with Crippen molar-refractivity contribution in [2.45, 2.75) is 40.7 Å². The highest BCUT2D eigenvalue weighted by atomic mass is 32.1. The van der Waals surface area contributed by atoms with Crippen LogP contribution in [0.5, 0.6) is 0 Å². The SMILES string of the molecule is Cc1cc(NC(=O)C(C)(C)C)sc1C(=O)OCCCn1c(=O)oc2ccccc21. The van der Waals surface area contributed by atoms with Crippen molar-refractivity contribution in [3.05, 3.63) is 51.3 Å². The van der Waals surface area contributed by atoms with E-state index in [1.54, 1.807) is 25.1 Å². The molecule has 29 heavy (non-hydrogen) atoms. The average molecular weight is 416 g/mol. The predicted octanol–water partition coefficient (Wildman–Crippen LogP) is 4.20. The quantitative estimate of drug-likeness (QED) is 0.480. The zero-order valence-corrected chi connectivity index (χ0v) is 17.7. The molecule has 0 radical (unpaired) electrons. The van der Waals surface area contributed by atoms with Gasteiger partial charge >= 0.3 is 11.7 Å². The normalized spacial score (nSPS) is 11.6. The summed E-state index contributed by atoms with van der Waals surface area (Å²) in [4.78, 5) is 36.9. The molecule has 1 aromatic carbocycles. The van der Waals surface area contributed by atoms with Gasteiger partial charge in [0.05, 0.1) is 17.1 Å². The molecular weight excluding hydrogens is 392 g/mol. The fourth-order valence-corrected chi connectivity index (χ4v) is 3.69. The van der Waals surface area contributed by atoms with E-state index in [1.807, 2.05) is 32.9 Å². The van der Waals surface area contributed by atoms with Gasteiger partial charge in [0.1, 0.15) is 4.88 Å². The summed E-state index contributed by atoms with van der Waals surface area (Å²) in [6, 6.07) is 8.96. The van der Waals surface area contributed by atoms with Crippen molar-refractivity contribution in [3.8, 4) is 0 Å². The highest BCUT2D eigenvalue weighted by Gasteiger charge is 2.23. The summed E-state index contributed by atoms with van der Waals surface area (Å²) in [7, 11) is 0. The van der Waals surface area contributed by atoms with Crippen molar-refractivity contribution < 1.29 is 18.7 Å². The van der Waals surface area contributed by atoms with Gasteiger partial charge in [0.25, 0.3) is 0 Å². The molecule has 0 fully saturated rings. The first kappa shape index (κ1) is 20.9. The molecule has 0 aliphatic heterocycles. The van der Waals surface area contributed by atoms with Crippen LogP contribution < -0.4 is 11.1 Å². The van der Waals surface area contributed by atoms with Crippen molar-refractivity contribution in [1.82, 2.24) is 4.57 Å². The van der Waals surface area contributed by atoms with Crippen LogP contribution in [-0.2, 0) is 16.1 Å². The number of aromatic nitrogens is 1. The smallest absolute Gasteiger partial charge is 0.419 e. The number of nitrogens with zero attached hydrogens (tertiary/aromatic N) is 1. The number of rotatable bonds is 6. The van der Waals surface area contributed by atoms with Crippen LogP contribution >= 0.6 is 11.3 Å². The number of carbonyl (C=O) groups excluding carboxylic acids is 2. The number of thiophene rings is 1. The second-order valence-electron chi connectivity index (χ2n) is 7.80. The number of benzene rings is 1. The van der Waals surface area contributed by atoms with E-state index in [9.17, 15) is 14.4 Å². The Bertz CT molecular complexity index is 1100. The number of carbonyl (C=O) groups is 2. The molecule has 0 bridgehead atoms. The topological polar surface area (TPSA) is 90.5 Å². The number of oxazole rings is 1. The maximum Gasteiger partial charge on any atom is 0.419 e. The summed E-state index contributed by atoms with van der Waals surface area (Å²) in [6.07, 6.45) is 0.479. The number of para-hydroxylation sites is 2. The molecule has 0 aliphatic rings. The number of ether oxygens (including phenoxy) is 1. The van der Waals surface area contributed by atoms with Gasteiger partial charge in [-0.15, -0.1) is 11.3 Å². The van der Waals surface area contributed by atoms with Gasteiger partial charge in [-0.2, -0.15) is 0 Å². The first-order valence-electron chi connectivity index (χ1n) is 9.34. The van der Waals surface area contributed by atoms with E-state index in [4.69, 9.17) is 9.15 Å². The van der Waals surface area contributed by atoms with E-state index in [0.717, 1.165) is 11.1 Å². The molecule has 7 nitrogen and oxygen atoms in total. The Morgan fingerprint density at radius 2 is 1.97 bits per heavy atom. The van der Waals surface area contributed by atoms with Gasteiger partial charge < -0.3 is 14.5 Å². The number of aryl methyl sites for hydroxylation is 2. The molecule has 0 saturated heterocycles. The Morgan fingerprint density at radius 3 is 2.69 bits per heavy atom. The first-order chi connectivity index (χ1) is 13.7. The van der Waals surface area contributed by atoms with E-state index < -0.39 is 17.1 Å². The molecule has 2 heterocycles. The first-order valence-corrected chi connectivity index (χ1v) is 10.2. The number of nitrogens with one attached hydrogen (secondary N) is 1. The summed E-state index contributed by atoms with van der Waals surface area (Å²) in [5, 5.41) is 3.45. The molecule has 8 heteroatoms. The lowest BCUT2D eigenvalue weighted by Gasteiger charge is -2.16. The van der Waals surface area contributed by atoms with Gasteiger partial charge in [-0.3, -0.25) is 9.36 Å². The zero-order chi connectivity index (χ0) is 21.2. The van der Waals surface area contributed by atoms with E-state index in [1.165, 1.54) is 15.9 Å². The van der Waals surface area contributed by atoms with Gasteiger partial charge in [-0.05, 0) is 37.1 Å². The Kier molecular flexibility index (Phi) is 5.93. The zero-order valence-electron chi connectivity index (χ0n) is 16.9. The molecule has 154 valence electrons. The highest BCUT2D eigenvalue weighted by molar-refractivity contribution is 7.18. The van der Waals surface area contributed by atoms with Gasteiger partial charge in [0, 0.05) is 12.0 Å². The van der Waals surface area contributed by atoms with E-state index >= 15 is 0 Å². The third-order valence-corrected chi connectivity index (χ3v) is 5.49. The summed E-state index contributed by atoms with van der Waals surface area (Å²) < 4.78 is 12.1. The standard InChI is InChI=1S/C21H24N2O5S/c1-13-12-16(22-19(25)21(2,3)4)29-17(13)18(24)27-11-7-10-23-14-8-5-6-9-15(14)28-20(23)26/h5-6,8-9,12H,7,10-11H2,1-4H3,(H,22,25). The monoisotopic (exact) mass is 416 g/mol. The third-order valence-electron chi connectivity index (χ3n) is 4.35. The summed E-state index contributed by atoms with van der Waals surface area (Å²) in [5.41, 5.74) is 1.49. The van der Waals surface area contributed by atoms with Crippen LogP contribution in [0.2, 0.25) is 0 Å². The molecule has 1 amide bonds. The average Bonchev–Trinajstić information content (AvgIpc) is 3.17. The molecule has 0 spiro atoms. The summed E-state index contributed by atoms with van der Waals surface area (Å²) in [6.45, 7) is 7.84. The maximum atomic E-state index is 12.4. The van der Waals surface area contributed by atoms with Gasteiger partial charge in [-0.1, -0.05) is 32.9 Å².